The van der Waals surface area contributed by atoms with Crippen molar-refractivity contribution < 1.29 is 31.2 Å². The minimum atomic E-state index is -3.99. The average molecular weight is 402 g/mol. The quantitative estimate of drug-likeness (QED) is 0.754. The van der Waals surface area contributed by atoms with Crippen molar-refractivity contribution in [2.24, 2.45) is 0 Å². The third-order valence-electron chi connectivity index (χ3n) is 3.03. The van der Waals surface area contributed by atoms with E-state index >= 15 is 0 Å². The van der Waals surface area contributed by atoms with Gasteiger partial charge in [0.15, 0.2) is 4.67 Å². The van der Waals surface area contributed by atoms with E-state index in [1.807, 2.05) is 0 Å². The fourth-order valence-electron chi connectivity index (χ4n) is 1.93. The molecule has 0 spiro atoms. The normalized spacial score (nSPS) is 19.5. The number of sulfone groups is 1. The first-order chi connectivity index (χ1) is 9.61. The Morgan fingerprint density at radius 3 is 2.43 bits per heavy atom. The van der Waals surface area contributed by atoms with Crippen LogP contribution in [0.4, 0.5) is 0 Å². The molecule has 1 aliphatic rings. The van der Waals surface area contributed by atoms with Crippen molar-refractivity contribution in [1.82, 2.24) is 4.72 Å². The van der Waals surface area contributed by atoms with Gasteiger partial charge in [0.1, 0.15) is 14.7 Å². The van der Waals surface area contributed by atoms with E-state index in [1.165, 1.54) is 0 Å². The van der Waals surface area contributed by atoms with E-state index in [4.69, 9.17) is 9.52 Å². The smallest absolute Gasteiger partial charge is 0.371 e. The van der Waals surface area contributed by atoms with Crippen LogP contribution in [-0.2, 0) is 19.9 Å². The molecule has 0 unspecified atom stereocenters. The topological polar surface area (TPSA) is 131 Å². The zero-order chi connectivity index (χ0) is 15.8. The van der Waals surface area contributed by atoms with Crippen LogP contribution >= 0.6 is 15.9 Å². The number of halogens is 1. The lowest BCUT2D eigenvalue weighted by Crippen LogP contribution is -2.40. The molecule has 1 aromatic rings. The lowest BCUT2D eigenvalue weighted by atomic mass is 10.2. The van der Waals surface area contributed by atoms with Gasteiger partial charge in [-0.2, -0.15) is 0 Å². The highest BCUT2D eigenvalue weighted by Crippen LogP contribution is 2.27. The number of hydrogen-bond donors (Lipinski definition) is 2. The number of sulfonamides is 1. The standard InChI is InChI=1S/C10H12BrNO7S2/c11-9-8(5-7(19-9)10(13)14)21(17,18)12-6-1-3-20(15,16)4-2-6/h5-6,12H,1-4H2,(H,13,14). The minimum absolute atomic E-state index is 0.0763. The first-order valence-corrected chi connectivity index (χ1v) is 9.96. The van der Waals surface area contributed by atoms with Gasteiger partial charge in [0.2, 0.25) is 15.8 Å². The highest BCUT2D eigenvalue weighted by molar-refractivity contribution is 9.10. The molecule has 2 N–H and O–H groups in total. The van der Waals surface area contributed by atoms with Crippen molar-refractivity contribution in [3.8, 4) is 0 Å². The fraction of sp³-hybridized carbons (Fsp3) is 0.500. The number of rotatable bonds is 4. The molecule has 0 atom stereocenters. The third-order valence-corrected chi connectivity index (χ3v) is 7.13. The second-order valence-corrected chi connectivity index (χ2v) is 9.31. The van der Waals surface area contributed by atoms with Crippen LogP contribution in [0.1, 0.15) is 23.4 Å². The first kappa shape index (κ1) is 16.5. The number of furan rings is 1. The summed E-state index contributed by atoms with van der Waals surface area (Å²) in [6, 6.07) is 0.391. The van der Waals surface area contributed by atoms with E-state index < -0.39 is 37.6 Å². The van der Waals surface area contributed by atoms with Crippen LogP contribution in [0.25, 0.3) is 0 Å². The predicted molar refractivity (Wildman–Crippen MR) is 75.4 cm³/mol. The van der Waals surface area contributed by atoms with Crippen LogP contribution in [0.5, 0.6) is 0 Å². The van der Waals surface area contributed by atoms with Crippen LogP contribution in [0.2, 0.25) is 0 Å². The minimum Gasteiger partial charge on any atom is -0.475 e. The van der Waals surface area contributed by atoms with Gasteiger partial charge < -0.3 is 9.52 Å². The second-order valence-electron chi connectivity index (χ2n) is 4.60. The van der Waals surface area contributed by atoms with Crippen molar-refractivity contribution in [2.75, 3.05) is 11.5 Å². The summed E-state index contributed by atoms with van der Waals surface area (Å²) in [6.45, 7) is 0. The van der Waals surface area contributed by atoms with E-state index in [2.05, 4.69) is 20.7 Å². The molecular weight excluding hydrogens is 390 g/mol. The van der Waals surface area contributed by atoms with Gasteiger partial charge in [0.05, 0.1) is 11.5 Å². The van der Waals surface area contributed by atoms with Gasteiger partial charge in [-0.1, -0.05) is 0 Å². The molecule has 0 aliphatic carbocycles. The van der Waals surface area contributed by atoms with Gasteiger partial charge in [0.25, 0.3) is 0 Å². The van der Waals surface area contributed by atoms with Crippen LogP contribution in [-0.4, -0.2) is 45.5 Å². The largest absolute Gasteiger partial charge is 0.475 e. The fourth-order valence-corrected chi connectivity index (χ4v) is 5.67. The summed E-state index contributed by atoms with van der Waals surface area (Å²) in [5.74, 6) is -2.05. The molecule has 0 aromatic carbocycles. The first-order valence-electron chi connectivity index (χ1n) is 5.86. The molecular formula is C10H12BrNO7S2. The Kier molecular flexibility index (Phi) is 4.47. The lowest BCUT2D eigenvalue weighted by Gasteiger charge is -2.22. The Balaban J connectivity index is 2.18. The van der Waals surface area contributed by atoms with Gasteiger partial charge >= 0.3 is 5.97 Å². The summed E-state index contributed by atoms with van der Waals surface area (Å²) in [5.41, 5.74) is 0. The Morgan fingerprint density at radius 1 is 1.38 bits per heavy atom. The second kappa shape index (κ2) is 5.71. The van der Waals surface area contributed by atoms with Crippen molar-refractivity contribution in [1.29, 1.82) is 0 Å². The van der Waals surface area contributed by atoms with Crippen molar-refractivity contribution in [3.05, 3.63) is 16.5 Å². The predicted octanol–water partition coefficient (Wildman–Crippen LogP) is 0.596. The highest BCUT2D eigenvalue weighted by Gasteiger charge is 2.30. The molecule has 1 aromatic heterocycles. The molecule has 0 bridgehead atoms. The molecule has 11 heteroatoms. The third kappa shape index (κ3) is 3.84. The summed E-state index contributed by atoms with van der Waals surface area (Å²) in [4.78, 5) is 10.4. The maximum Gasteiger partial charge on any atom is 0.371 e. The molecule has 0 radical (unpaired) electrons. The van der Waals surface area contributed by atoms with E-state index in [-0.39, 0.29) is 33.9 Å². The highest BCUT2D eigenvalue weighted by atomic mass is 79.9. The number of nitrogens with one attached hydrogen (secondary N) is 1. The van der Waals surface area contributed by atoms with Crippen LogP contribution in [0.15, 0.2) is 20.0 Å². The molecule has 1 saturated heterocycles. The molecule has 8 nitrogen and oxygen atoms in total. The van der Waals surface area contributed by atoms with Crippen LogP contribution < -0.4 is 4.72 Å². The van der Waals surface area contributed by atoms with Gasteiger partial charge in [-0.15, -0.1) is 0 Å². The van der Waals surface area contributed by atoms with Crippen molar-refractivity contribution in [3.63, 3.8) is 0 Å². The summed E-state index contributed by atoms with van der Waals surface area (Å²) in [5, 5.41) is 8.77. The Labute approximate surface area is 129 Å². The Morgan fingerprint density at radius 2 is 1.95 bits per heavy atom. The monoisotopic (exact) mass is 401 g/mol. The molecule has 0 amide bonds. The number of aromatic carboxylic acids is 1. The Hall–Kier alpha value is -0.910. The van der Waals surface area contributed by atoms with Gasteiger partial charge in [-0.25, -0.2) is 26.4 Å². The summed E-state index contributed by atoms with van der Waals surface area (Å²) in [7, 11) is -7.08. The molecule has 118 valence electrons. The number of hydrogen-bond acceptors (Lipinski definition) is 6. The zero-order valence-electron chi connectivity index (χ0n) is 10.6. The van der Waals surface area contributed by atoms with Crippen molar-refractivity contribution in [2.45, 2.75) is 23.8 Å². The molecule has 0 saturated carbocycles. The lowest BCUT2D eigenvalue weighted by molar-refractivity contribution is 0.0661. The van der Waals surface area contributed by atoms with Crippen molar-refractivity contribution >= 4 is 41.8 Å². The molecule has 21 heavy (non-hydrogen) atoms. The van der Waals surface area contributed by atoms with E-state index in [0.717, 1.165) is 6.07 Å². The maximum atomic E-state index is 12.2. The van der Waals surface area contributed by atoms with Crippen LogP contribution in [0, 0.1) is 0 Å². The Bertz CT molecular complexity index is 751. The maximum absolute atomic E-state index is 12.2. The SMILES string of the molecule is O=C(O)c1cc(S(=O)(=O)NC2CCS(=O)(=O)CC2)c(Br)o1. The number of carboxylic acid groups (broad SMARTS) is 1. The molecule has 2 heterocycles. The van der Waals surface area contributed by atoms with E-state index in [1.54, 1.807) is 0 Å². The molecule has 1 aliphatic heterocycles. The average Bonchev–Trinajstić information content (AvgIpc) is 2.75. The van der Waals surface area contributed by atoms with Gasteiger partial charge in [-0.3, -0.25) is 0 Å². The van der Waals surface area contributed by atoms with E-state index in [0.29, 0.717) is 0 Å². The van der Waals surface area contributed by atoms with Crippen LogP contribution in [0.3, 0.4) is 0 Å². The summed E-state index contributed by atoms with van der Waals surface area (Å²) < 4.78 is 53.9. The van der Waals surface area contributed by atoms with E-state index in [9.17, 15) is 21.6 Å². The summed E-state index contributed by atoms with van der Waals surface area (Å²) >= 11 is 2.86. The summed E-state index contributed by atoms with van der Waals surface area (Å²) in [6.07, 6.45) is 0.367. The zero-order valence-corrected chi connectivity index (χ0v) is 13.8. The van der Waals surface area contributed by atoms with Gasteiger partial charge in [-0.05, 0) is 28.8 Å². The number of carboxylic acids is 1. The molecule has 1 fully saturated rings. The van der Waals surface area contributed by atoms with Gasteiger partial charge in [0, 0.05) is 12.1 Å². The molecule has 2 rings (SSSR count). The number of carbonyl (C=O) groups is 1.